The molecule has 0 fully saturated rings. The molecule has 0 unspecified atom stereocenters. The molecule has 5 heteroatoms. The Morgan fingerprint density at radius 2 is 0.769 bits per heavy atom. The van der Waals surface area contributed by atoms with Gasteiger partial charge in [0, 0.05) is 55.8 Å². The molecule has 4 heterocycles. The summed E-state index contributed by atoms with van der Waals surface area (Å²) in [6.45, 7) is 0. The molecule has 0 aliphatic heterocycles. The summed E-state index contributed by atoms with van der Waals surface area (Å²) in [5.41, 5.74) is 16.5. The van der Waals surface area contributed by atoms with Crippen LogP contribution in [0, 0.1) is 11.3 Å². The zero-order valence-electron chi connectivity index (χ0n) is 35.1. The van der Waals surface area contributed by atoms with Crippen molar-refractivity contribution in [2.24, 2.45) is 0 Å². The molecule has 4 aromatic heterocycles. The molecule has 0 spiro atoms. The lowest BCUT2D eigenvalue weighted by molar-refractivity contribution is 1.12. The Morgan fingerprint density at radius 3 is 1.31 bits per heavy atom. The standard InChI is InChI=1S/C60H37N5/c61-37-39-33-58(64-51-23-11-7-19-44(51)48-35-42(27-29-55(48)64)40-15-3-1-4-16-40)60(47-22-10-14-26-54(47)63-53-25-13-9-21-46(53)50-38-62-32-31-57(50)63)59(34-39)65-52-24-12-8-20-45(52)49-36-43(28-30-56(49)65)41-17-5-2-6-18-41/h1-36,38H. The van der Waals surface area contributed by atoms with Crippen LogP contribution >= 0.6 is 0 Å². The lowest BCUT2D eigenvalue weighted by Gasteiger charge is -2.23. The minimum absolute atomic E-state index is 0.567. The third-order valence-corrected chi connectivity index (χ3v) is 13.2. The van der Waals surface area contributed by atoms with E-state index in [9.17, 15) is 5.26 Å². The maximum Gasteiger partial charge on any atom is 0.0993 e. The number of fused-ring (bicyclic) bond motifs is 9. The molecule has 5 nitrogen and oxygen atoms in total. The Kier molecular flexibility index (Phi) is 8.21. The van der Waals surface area contributed by atoms with E-state index < -0.39 is 0 Å². The molecule has 0 radical (unpaired) electrons. The SMILES string of the molecule is N#Cc1cc(-n2c3ccccc3c3cc(-c4ccccc4)ccc32)c(-c2ccccc2-n2c3ccccc3c3cnccc32)c(-n2c3ccccc3c3cc(-c4ccccc4)ccc32)c1. The van der Waals surface area contributed by atoms with E-state index >= 15 is 0 Å². The van der Waals surface area contributed by atoms with E-state index in [2.05, 4.69) is 237 Å². The van der Waals surface area contributed by atoms with Crippen molar-refractivity contribution < 1.29 is 0 Å². The first-order chi connectivity index (χ1) is 32.2. The quantitative estimate of drug-likeness (QED) is 0.168. The lowest BCUT2D eigenvalue weighted by Crippen LogP contribution is -2.07. The number of nitrogens with zero attached hydrogens (tertiary/aromatic N) is 5. The van der Waals surface area contributed by atoms with Crippen LogP contribution in [-0.4, -0.2) is 18.7 Å². The molecule has 0 aliphatic rings. The normalized spacial score (nSPS) is 11.7. The highest BCUT2D eigenvalue weighted by molar-refractivity contribution is 6.14. The van der Waals surface area contributed by atoms with Crippen molar-refractivity contribution in [2.45, 2.75) is 0 Å². The van der Waals surface area contributed by atoms with Gasteiger partial charge in [-0.25, -0.2) is 0 Å². The summed E-state index contributed by atoms with van der Waals surface area (Å²) in [5, 5.41) is 17.9. The van der Waals surface area contributed by atoms with Gasteiger partial charge < -0.3 is 13.7 Å². The van der Waals surface area contributed by atoms with Gasteiger partial charge in [0.2, 0.25) is 0 Å². The van der Waals surface area contributed by atoms with Gasteiger partial charge in [0.05, 0.1) is 61.8 Å². The maximum absolute atomic E-state index is 11.1. The van der Waals surface area contributed by atoms with E-state index in [0.29, 0.717) is 5.56 Å². The third kappa shape index (κ3) is 5.61. The first-order valence-electron chi connectivity index (χ1n) is 21.9. The number of pyridine rings is 1. The van der Waals surface area contributed by atoms with E-state index in [1.807, 2.05) is 12.4 Å². The van der Waals surface area contributed by atoms with Gasteiger partial charge in [-0.2, -0.15) is 5.26 Å². The molecule has 0 amide bonds. The van der Waals surface area contributed by atoms with E-state index in [0.717, 1.165) is 116 Å². The van der Waals surface area contributed by atoms with Crippen LogP contribution < -0.4 is 0 Å². The molecule has 302 valence electrons. The third-order valence-electron chi connectivity index (χ3n) is 13.2. The van der Waals surface area contributed by atoms with Crippen molar-refractivity contribution in [2.75, 3.05) is 0 Å². The predicted molar refractivity (Wildman–Crippen MR) is 268 cm³/mol. The minimum Gasteiger partial charge on any atom is -0.309 e. The molecule has 0 N–H and O–H groups in total. The molecule has 0 atom stereocenters. The Labute approximate surface area is 374 Å². The second-order valence-corrected chi connectivity index (χ2v) is 16.7. The van der Waals surface area contributed by atoms with E-state index in [4.69, 9.17) is 0 Å². The lowest BCUT2D eigenvalue weighted by atomic mass is 9.96. The van der Waals surface area contributed by atoms with Gasteiger partial charge in [-0.1, -0.05) is 146 Å². The number of rotatable bonds is 6. The van der Waals surface area contributed by atoms with Crippen molar-refractivity contribution in [1.29, 1.82) is 5.26 Å². The summed E-state index contributed by atoms with van der Waals surface area (Å²) in [7, 11) is 0. The number of nitriles is 1. The molecular formula is C60H37N5. The van der Waals surface area contributed by atoms with Crippen LogP contribution in [0.2, 0.25) is 0 Å². The van der Waals surface area contributed by atoms with Crippen LogP contribution in [0.25, 0.3) is 116 Å². The van der Waals surface area contributed by atoms with Gasteiger partial charge in [-0.05, 0) is 89.0 Å². The summed E-state index contributed by atoms with van der Waals surface area (Å²) in [5.74, 6) is 0. The first-order valence-corrected chi connectivity index (χ1v) is 21.9. The number of para-hydroxylation sites is 4. The van der Waals surface area contributed by atoms with Gasteiger partial charge in [0.1, 0.15) is 0 Å². The molecular weight excluding hydrogens is 791 g/mol. The fourth-order valence-electron chi connectivity index (χ4n) is 10.3. The second kappa shape index (κ2) is 14.6. The summed E-state index contributed by atoms with van der Waals surface area (Å²) < 4.78 is 7.14. The molecule has 65 heavy (non-hydrogen) atoms. The zero-order valence-corrected chi connectivity index (χ0v) is 35.1. The average Bonchev–Trinajstić information content (AvgIpc) is 4.02. The van der Waals surface area contributed by atoms with E-state index in [1.165, 1.54) is 0 Å². The van der Waals surface area contributed by atoms with E-state index in [-0.39, 0.29) is 0 Å². The van der Waals surface area contributed by atoms with Crippen molar-refractivity contribution >= 4 is 65.4 Å². The number of benzene rings is 9. The Balaban J connectivity index is 1.19. The summed E-state index contributed by atoms with van der Waals surface area (Å²) in [4.78, 5) is 4.58. The van der Waals surface area contributed by atoms with Crippen LogP contribution in [0.15, 0.2) is 225 Å². The maximum atomic E-state index is 11.1. The summed E-state index contributed by atoms with van der Waals surface area (Å²) in [6, 6.07) is 78.2. The molecule has 13 rings (SSSR count). The van der Waals surface area contributed by atoms with Crippen LogP contribution in [-0.2, 0) is 0 Å². The Bertz CT molecular complexity index is 3840. The molecule has 0 bridgehead atoms. The topological polar surface area (TPSA) is 51.5 Å². The van der Waals surface area contributed by atoms with Gasteiger partial charge in [-0.15, -0.1) is 0 Å². The zero-order chi connectivity index (χ0) is 43.0. The number of hydrogen-bond acceptors (Lipinski definition) is 2. The molecule has 0 saturated heterocycles. The molecule has 13 aromatic rings. The molecule has 0 saturated carbocycles. The minimum atomic E-state index is 0.567. The summed E-state index contributed by atoms with van der Waals surface area (Å²) in [6.07, 6.45) is 3.85. The van der Waals surface area contributed by atoms with E-state index in [1.54, 1.807) is 0 Å². The van der Waals surface area contributed by atoms with Crippen LogP contribution in [0.1, 0.15) is 5.56 Å². The van der Waals surface area contributed by atoms with Crippen molar-refractivity contribution in [1.82, 2.24) is 18.7 Å². The Morgan fingerprint density at radius 1 is 0.338 bits per heavy atom. The van der Waals surface area contributed by atoms with Crippen molar-refractivity contribution in [3.63, 3.8) is 0 Å². The monoisotopic (exact) mass is 827 g/mol. The van der Waals surface area contributed by atoms with Crippen LogP contribution in [0.4, 0.5) is 0 Å². The van der Waals surface area contributed by atoms with Crippen molar-refractivity contribution in [3.8, 4) is 56.5 Å². The van der Waals surface area contributed by atoms with Gasteiger partial charge in [0.25, 0.3) is 0 Å². The molecule has 0 aliphatic carbocycles. The largest absolute Gasteiger partial charge is 0.309 e. The molecule has 9 aromatic carbocycles. The average molecular weight is 828 g/mol. The van der Waals surface area contributed by atoms with Crippen LogP contribution in [0.3, 0.4) is 0 Å². The predicted octanol–water partition coefficient (Wildman–Crippen LogP) is 15.2. The number of aromatic nitrogens is 4. The van der Waals surface area contributed by atoms with Crippen LogP contribution in [0.5, 0.6) is 0 Å². The van der Waals surface area contributed by atoms with Crippen molar-refractivity contribution in [3.05, 3.63) is 230 Å². The highest BCUT2D eigenvalue weighted by Crippen LogP contribution is 2.46. The highest BCUT2D eigenvalue weighted by atomic mass is 15.0. The summed E-state index contributed by atoms with van der Waals surface area (Å²) >= 11 is 0. The number of hydrogen-bond donors (Lipinski definition) is 0. The second-order valence-electron chi connectivity index (χ2n) is 16.7. The fraction of sp³-hybridized carbons (Fsp3) is 0. The fourth-order valence-corrected chi connectivity index (χ4v) is 10.3. The highest BCUT2D eigenvalue weighted by Gasteiger charge is 2.26. The van der Waals surface area contributed by atoms with Gasteiger partial charge in [-0.3, -0.25) is 4.98 Å². The van der Waals surface area contributed by atoms with Gasteiger partial charge in [0.15, 0.2) is 0 Å². The Hall–Kier alpha value is -8.98. The first kappa shape index (κ1) is 36.7. The van der Waals surface area contributed by atoms with Gasteiger partial charge >= 0.3 is 0 Å². The smallest absolute Gasteiger partial charge is 0.0993 e.